The Kier molecular flexibility index (Phi) is 6.69. The van der Waals surface area contributed by atoms with Gasteiger partial charge in [-0.05, 0) is 47.7 Å². The van der Waals surface area contributed by atoms with Crippen molar-refractivity contribution < 1.29 is 19.1 Å². The highest BCUT2D eigenvalue weighted by molar-refractivity contribution is 6.35. The van der Waals surface area contributed by atoms with Crippen LogP contribution in [0.4, 0.5) is 5.69 Å². The maximum Gasteiger partial charge on any atom is 0.339 e. The molecule has 2 aliphatic rings. The lowest BCUT2D eigenvalue weighted by molar-refractivity contribution is -0.120. The predicted molar refractivity (Wildman–Crippen MR) is 140 cm³/mol. The molecule has 0 N–H and O–H groups in total. The molecule has 0 spiro atoms. The minimum atomic E-state index is -0.551. The molecule has 1 aliphatic heterocycles. The number of methoxy groups -OCH3 is 1. The van der Waals surface area contributed by atoms with E-state index in [2.05, 4.69) is 0 Å². The average molecular weight is 520 g/mol. The molecule has 2 unspecified atom stereocenters. The van der Waals surface area contributed by atoms with E-state index in [1.165, 1.54) is 12.0 Å². The summed E-state index contributed by atoms with van der Waals surface area (Å²) >= 11 is 12.7. The second-order valence-electron chi connectivity index (χ2n) is 8.96. The fraction of sp³-hybridized carbons (Fsp3) is 0.207. The minimum absolute atomic E-state index is 0.0332. The van der Waals surface area contributed by atoms with E-state index in [4.69, 9.17) is 27.9 Å². The van der Waals surface area contributed by atoms with Gasteiger partial charge in [0, 0.05) is 40.1 Å². The zero-order valence-electron chi connectivity index (χ0n) is 19.5. The molecule has 0 saturated heterocycles. The van der Waals surface area contributed by atoms with Crippen molar-refractivity contribution in [1.29, 1.82) is 0 Å². The van der Waals surface area contributed by atoms with Crippen molar-refractivity contribution in [3.8, 4) is 0 Å². The number of rotatable bonds is 4. The summed E-state index contributed by atoms with van der Waals surface area (Å²) in [5.41, 5.74) is 3.54. The van der Waals surface area contributed by atoms with Gasteiger partial charge in [0.2, 0.25) is 5.91 Å². The first kappa shape index (κ1) is 24.3. The van der Waals surface area contributed by atoms with Crippen molar-refractivity contribution in [2.45, 2.75) is 31.1 Å². The Hall–Kier alpha value is -3.41. The summed E-state index contributed by atoms with van der Waals surface area (Å²) in [5, 5.41) is 0.890. The van der Waals surface area contributed by atoms with Gasteiger partial charge in [-0.25, -0.2) is 4.79 Å². The molecule has 1 heterocycles. The van der Waals surface area contributed by atoms with E-state index in [0.717, 1.165) is 5.56 Å². The first-order chi connectivity index (χ1) is 17.4. The lowest BCUT2D eigenvalue weighted by Crippen LogP contribution is -2.42. The van der Waals surface area contributed by atoms with Crippen molar-refractivity contribution in [1.82, 2.24) is 0 Å². The van der Waals surface area contributed by atoms with E-state index in [-0.39, 0.29) is 29.6 Å². The third kappa shape index (κ3) is 4.34. The molecule has 3 aromatic rings. The molecule has 3 aromatic carbocycles. The quantitative estimate of drug-likeness (QED) is 0.359. The number of carbonyl (C=O) groups excluding carboxylic acids is 3. The third-order valence-corrected chi connectivity index (χ3v) is 7.45. The number of esters is 1. The fourth-order valence-electron chi connectivity index (χ4n) is 5.28. The number of nitrogens with zero attached hydrogens (tertiary/aromatic N) is 1. The second kappa shape index (κ2) is 9.92. The number of hydrogen-bond donors (Lipinski definition) is 0. The van der Waals surface area contributed by atoms with Crippen molar-refractivity contribution in [2.75, 3.05) is 12.0 Å². The van der Waals surface area contributed by atoms with Crippen LogP contribution in [0.1, 0.15) is 52.6 Å². The Labute approximate surface area is 219 Å². The Morgan fingerprint density at radius 3 is 2.36 bits per heavy atom. The first-order valence-corrected chi connectivity index (χ1v) is 12.4. The van der Waals surface area contributed by atoms with Crippen LogP contribution < -0.4 is 4.90 Å². The molecule has 5 rings (SSSR count). The molecule has 7 heteroatoms. The highest BCUT2D eigenvalue weighted by atomic mass is 35.5. The number of Topliss-reactive ketones (excluding diaryl/α,β-unsaturated/α-hetero) is 1. The van der Waals surface area contributed by atoms with Crippen LogP contribution in [0.2, 0.25) is 10.0 Å². The molecule has 0 fully saturated rings. The number of carbonyl (C=O) groups is 3. The van der Waals surface area contributed by atoms with Crippen LogP contribution in [0, 0.1) is 0 Å². The molecule has 0 aromatic heterocycles. The van der Waals surface area contributed by atoms with Gasteiger partial charge in [-0.1, -0.05) is 71.7 Å². The Bertz CT molecular complexity index is 1400. The van der Waals surface area contributed by atoms with Crippen LogP contribution in [-0.2, 0) is 14.3 Å². The molecule has 0 saturated carbocycles. The number of amides is 1. The molecular formula is C29H23Cl2NO4. The number of allylic oxidation sites excluding steroid dienone is 2. The Morgan fingerprint density at radius 1 is 0.917 bits per heavy atom. The van der Waals surface area contributed by atoms with Crippen LogP contribution in [-0.4, -0.2) is 24.8 Å². The third-order valence-electron chi connectivity index (χ3n) is 6.89. The van der Waals surface area contributed by atoms with E-state index in [1.807, 2.05) is 30.3 Å². The number of anilines is 1. The summed E-state index contributed by atoms with van der Waals surface area (Å²) < 4.78 is 4.98. The summed E-state index contributed by atoms with van der Waals surface area (Å²) in [6.45, 7) is 0. The number of halogens is 2. The van der Waals surface area contributed by atoms with E-state index in [9.17, 15) is 14.4 Å². The monoisotopic (exact) mass is 519 g/mol. The number of para-hydroxylation sites is 1. The molecule has 5 nitrogen and oxygen atoms in total. The molecule has 2 atom stereocenters. The summed E-state index contributed by atoms with van der Waals surface area (Å²) in [6.07, 6.45) is 0.830. The smallest absolute Gasteiger partial charge is 0.339 e. The molecule has 1 aliphatic carbocycles. The van der Waals surface area contributed by atoms with Crippen molar-refractivity contribution in [3.63, 3.8) is 0 Å². The van der Waals surface area contributed by atoms with E-state index < -0.39 is 11.9 Å². The minimum Gasteiger partial charge on any atom is -0.465 e. The standard InChI is InChI=1S/C29H23Cl2NO4/c1-36-29(35)21-9-5-6-10-24(21)32-25-13-18(17-7-3-2-4-8-17)14-26(33)28(25)22(16-27(32)34)20-12-11-19(30)15-23(20)31/h2-12,15,18,22H,13-14,16H2,1H3. The maximum absolute atomic E-state index is 13.8. The van der Waals surface area contributed by atoms with Gasteiger partial charge >= 0.3 is 5.97 Å². The van der Waals surface area contributed by atoms with Crippen LogP contribution in [0.15, 0.2) is 84.1 Å². The van der Waals surface area contributed by atoms with Crippen LogP contribution in [0.5, 0.6) is 0 Å². The largest absolute Gasteiger partial charge is 0.465 e. The van der Waals surface area contributed by atoms with Gasteiger partial charge in [0.25, 0.3) is 0 Å². The lowest BCUT2D eigenvalue weighted by atomic mass is 9.72. The van der Waals surface area contributed by atoms with Gasteiger partial charge in [-0.15, -0.1) is 0 Å². The normalized spacial score (nSPS) is 19.8. The zero-order valence-corrected chi connectivity index (χ0v) is 21.1. The highest BCUT2D eigenvalue weighted by Gasteiger charge is 2.43. The van der Waals surface area contributed by atoms with E-state index >= 15 is 0 Å². The lowest BCUT2D eigenvalue weighted by Gasteiger charge is -2.41. The molecular weight excluding hydrogens is 497 g/mol. The van der Waals surface area contributed by atoms with Gasteiger partial charge < -0.3 is 4.74 Å². The maximum atomic E-state index is 13.8. The van der Waals surface area contributed by atoms with E-state index in [1.54, 1.807) is 42.5 Å². The van der Waals surface area contributed by atoms with Crippen LogP contribution in [0.3, 0.4) is 0 Å². The second-order valence-corrected chi connectivity index (χ2v) is 9.80. The van der Waals surface area contributed by atoms with Crippen LogP contribution >= 0.6 is 23.2 Å². The summed E-state index contributed by atoms with van der Waals surface area (Å²) in [4.78, 5) is 41.7. The topological polar surface area (TPSA) is 63.7 Å². The first-order valence-electron chi connectivity index (χ1n) is 11.7. The number of ether oxygens (including phenoxy) is 1. The van der Waals surface area contributed by atoms with Crippen LogP contribution in [0.25, 0.3) is 0 Å². The molecule has 0 radical (unpaired) electrons. The summed E-state index contributed by atoms with van der Waals surface area (Å²) in [7, 11) is 1.30. The number of hydrogen-bond acceptors (Lipinski definition) is 4. The molecule has 1 amide bonds. The van der Waals surface area contributed by atoms with Gasteiger partial charge in [0.15, 0.2) is 5.78 Å². The molecule has 0 bridgehead atoms. The molecule has 36 heavy (non-hydrogen) atoms. The SMILES string of the molecule is COC(=O)c1ccccc1N1C(=O)CC(c2ccc(Cl)cc2Cl)C2=C1CC(c1ccccc1)CC2=O. The van der Waals surface area contributed by atoms with E-state index in [0.29, 0.717) is 45.4 Å². The zero-order chi connectivity index (χ0) is 25.4. The summed E-state index contributed by atoms with van der Waals surface area (Å²) in [6, 6.07) is 21.7. The predicted octanol–water partition coefficient (Wildman–Crippen LogP) is 6.70. The fourth-order valence-corrected chi connectivity index (χ4v) is 5.82. The summed E-state index contributed by atoms with van der Waals surface area (Å²) in [5.74, 6) is -1.40. The van der Waals surface area contributed by atoms with Gasteiger partial charge in [0.1, 0.15) is 0 Å². The Balaban J connectivity index is 1.71. The van der Waals surface area contributed by atoms with Crippen molar-refractivity contribution in [2.24, 2.45) is 0 Å². The van der Waals surface area contributed by atoms with Crippen molar-refractivity contribution in [3.05, 3.63) is 111 Å². The highest BCUT2D eigenvalue weighted by Crippen LogP contribution is 2.48. The van der Waals surface area contributed by atoms with Crippen molar-refractivity contribution >= 4 is 46.5 Å². The number of benzene rings is 3. The Morgan fingerprint density at radius 2 is 1.64 bits per heavy atom. The molecule has 182 valence electrons. The number of ketones is 1. The van der Waals surface area contributed by atoms with Gasteiger partial charge in [-0.2, -0.15) is 0 Å². The van der Waals surface area contributed by atoms with Gasteiger partial charge in [-0.3, -0.25) is 14.5 Å². The average Bonchev–Trinajstić information content (AvgIpc) is 2.88. The van der Waals surface area contributed by atoms with Gasteiger partial charge in [0.05, 0.1) is 18.4 Å².